The highest BCUT2D eigenvalue weighted by Gasteiger charge is 2.20. The largest absolute Gasteiger partial charge is 0.444 e. The lowest BCUT2D eigenvalue weighted by molar-refractivity contribution is 0.0508. The van der Waals surface area contributed by atoms with E-state index < -0.39 is 17.6 Å². The summed E-state index contributed by atoms with van der Waals surface area (Å²) in [6.45, 7) is 7.11. The van der Waals surface area contributed by atoms with Crippen LogP contribution in [0.2, 0.25) is 0 Å². The lowest BCUT2D eigenvalue weighted by atomic mass is 10.2. The van der Waals surface area contributed by atoms with Crippen LogP contribution in [0.3, 0.4) is 0 Å². The molecule has 1 unspecified atom stereocenters. The molecule has 1 atom stereocenters. The van der Waals surface area contributed by atoms with Crippen LogP contribution in [0, 0.1) is 0 Å². The van der Waals surface area contributed by atoms with Gasteiger partial charge >= 0.3 is 6.09 Å². The van der Waals surface area contributed by atoms with Gasteiger partial charge in [-0.15, -0.1) is 11.3 Å². The third-order valence-corrected chi connectivity index (χ3v) is 2.91. The molecule has 6 nitrogen and oxygen atoms in total. The van der Waals surface area contributed by atoms with Crippen LogP contribution in [-0.2, 0) is 4.74 Å². The summed E-state index contributed by atoms with van der Waals surface area (Å²) in [5.41, 5.74) is 4.76. The fourth-order valence-corrected chi connectivity index (χ4v) is 1.96. The molecule has 0 fully saturated rings. The van der Waals surface area contributed by atoms with Gasteiger partial charge in [-0.3, -0.25) is 4.79 Å². The Hall–Kier alpha value is -1.63. The number of alkyl carbamates (subject to hydrolysis) is 1. The molecule has 3 N–H and O–H groups in total. The van der Waals surface area contributed by atoms with Crippen molar-refractivity contribution < 1.29 is 14.3 Å². The van der Waals surface area contributed by atoms with Gasteiger partial charge in [0.15, 0.2) is 0 Å². The summed E-state index contributed by atoms with van der Waals surface area (Å²) in [4.78, 5) is 26.5. The Morgan fingerprint density at radius 2 is 2.11 bits per heavy atom. The number of amides is 2. The Morgan fingerprint density at radius 1 is 1.50 bits per heavy atom. The molecule has 0 aromatic carbocycles. The number of carbonyl (C=O) groups excluding carboxylic acids is 2. The molecule has 0 spiro atoms. The second-order valence-corrected chi connectivity index (χ2v) is 5.69. The molecule has 1 aromatic heterocycles. The van der Waals surface area contributed by atoms with Gasteiger partial charge in [0.25, 0.3) is 5.91 Å². The molecule has 18 heavy (non-hydrogen) atoms. The maximum Gasteiger partial charge on any atom is 0.408 e. The number of nitrogens with two attached hydrogens (primary N) is 1. The van der Waals surface area contributed by atoms with Gasteiger partial charge in [-0.1, -0.05) is 0 Å². The predicted molar refractivity (Wildman–Crippen MR) is 68.4 cm³/mol. The number of ether oxygens (including phenoxy) is 1. The molecule has 0 bridgehead atoms. The van der Waals surface area contributed by atoms with Crippen LogP contribution in [0.15, 0.2) is 5.38 Å². The first-order valence-electron chi connectivity index (χ1n) is 5.44. The lowest BCUT2D eigenvalue weighted by Crippen LogP contribution is -2.34. The van der Waals surface area contributed by atoms with E-state index in [1.54, 1.807) is 33.1 Å². The normalized spacial score (nSPS) is 12.9. The topological polar surface area (TPSA) is 94.3 Å². The number of hydrogen-bond donors (Lipinski definition) is 2. The van der Waals surface area contributed by atoms with Crippen molar-refractivity contribution in [2.45, 2.75) is 39.3 Å². The van der Waals surface area contributed by atoms with E-state index in [2.05, 4.69) is 10.3 Å². The summed E-state index contributed by atoms with van der Waals surface area (Å²) in [6, 6.07) is -0.335. The monoisotopic (exact) mass is 271 g/mol. The highest BCUT2D eigenvalue weighted by Crippen LogP contribution is 2.18. The number of aromatic nitrogens is 1. The number of nitrogens with one attached hydrogen (secondary N) is 1. The van der Waals surface area contributed by atoms with Crippen molar-refractivity contribution in [1.29, 1.82) is 0 Å². The molecule has 0 saturated carbocycles. The average Bonchev–Trinajstić information content (AvgIpc) is 2.62. The van der Waals surface area contributed by atoms with Gasteiger partial charge in [0.05, 0.1) is 6.04 Å². The average molecular weight is 271 g/mol. The van der Waals surface area contributed by atoms with E-state index in [0.29, 0.717) is 5.01 Å². The van der Waals surface area contributed by atoms with Gasteiger partial charge in [0, 0.05) is 5.38 Å². The molecular formula is C11H17N3O3S. The van der Waals surface area contributed by atoms with Crippen LogP contribution >= 0.6 is 11.3 Å². The number of thiazole rings is 1. The minimum Gasteiger partial charge on any atom is -0.444 e. The van der Waals surface area contributed by atoms with Crippen LogP contribution in [-0.4, -0.2) is 22.6 Å². The van der Waals surface area contributed by atoms with Crippen LogP contribution < -0.4 is 11.1 Å². The number of carbonyl (C=O) groups is 2. The Kier molecular flexibility index (Phi) is 4.28. The summed E-state index contributed by atoms with van der Waals surface area (Å²) < 4.78 is 5.12. The summed E-state index contributed by atoms with van der Waals surface area (Å²) in [5.74, 6) is -0.582. The third-order valence-electron chi connectivity index (χ3n) is 1.88. The van der Waals surface area contributed by atoms with Crippen molar-refractivity contribution in [2.75, 3.05) is 0 Å². The van der Waals surface area contributed by atoms with E-state index >= 15 is 0 Å². The van der Waals surface area contributed by atoms with Gasteiger partial charge in [-0.25, -0.2) is 9.78 Å². The molecule has 7 heteroatoms. The van der Waals surface area contributed by atoms with Crippen LogP contribution in [0.5, 0.6) is 0 Å². The number of hydrogen-bond acceptors (Lipinski definition) is 5. The molecule has 100 valence electrons. The van der Waals surface area contributed by atoms with E-state index in [9.17, 15) is 9.59 Å². The highest BCUT2D eigenvalue weighted by atomic mass is 32.1. The molecule has 0 radical (unpaired) electrons. The van der Waals surface area contributed by atoms with Crippen LogP contribution in [0.4, 0.5) is 4.79 Å². The summed E-state index contributed by atoms with van der Waals surface area (Å²) >= 11 is 1.26. The van der Waals surface area contributed by atoms with Gasteiger partial charge < -0.3 is 15.8 Å². The second-order valence-electron chi connectivity index (χ2n) is 4.80. The molecule has 1 aromatic rings. The molecule has 0 aliphatic carbocycles. The molecule has 0 aliphatic rings. The van der Waals surface area contributed by atoms with Gasteiger partial charge in [-0.2, -0.15) is 0 Å². The maximum atomic E-state index is 11.5. The third kappa shape index (κ3) is 4.33. The Morgan fingerprint density at radius 3 is 2.56 bits per heavy atom. The molecule has 2 amide bonds. The quantitative estimate of drug-likeness (QED) is 0.876. The summed E-state index contributed by atoms with van der Waals surface area (Å²) in [6.07, 6.45) is -0.522. The Balaban J connectivity index is 2.62. The maximum absolute atomic E-state index is 11.5. The van der Waals surface area contributed by atoms with Gasteiger partial charge in [0.1, 0.15) is 16.3 Å². The zero-order valence-electron chi connectivity index (χ0n) is 10.8. The van der Waals surface area contributed by atoms with Crippen molar-refractivity contribution in [2.24, 2.45) is 5.73 Å². The first kappa shape index (κ1) is 14.4. The number of rotatable bonds is 3. The summed E-state index contributed by atoms with van der Waals surface area (Å²) in [7, 11) is 0. The standard InChI is InChI=1S/C11H17N3O3S/c1-6(13-10(16)17-11(2,3)4)9-14-7(5-18-9)8(12)15/h5-6H,1-4H3,(H2,12,15)(H,13,16). The molecule has 0 aliphatic heterocycles. The van der Waals surface area contributed by atoms with Crippen LogP contribution in [0.25, 0.3) is 0 Å². The van der Waals surface area contributed by atoms with E-state index in [1.807, 2.05) is 0 Å². The smallest absolute Gasteiger partial charge is 0.408 e. The predicted octanol–water partition coefficient (Wildman–Crippen LogP) is 1.83. The Bertz CT molecular complexity index is 451. The summed E-state index contributed by atoms with van der Waals surface area (Å²) in [5, 5.41) is 4.81. The fraction of sp³-hybridized carbons (Fsp3) is 0.545. The molecule has 1 heterocycles. The number of primary amides is 1. The van der Waals surface area contributed by atoms with Crippen molar-refractivity contribution in [1.82, 2.24) is 10.3 Å². The van der Waals surface area contributed by atoms with E-state index in [-0.39, 0.29) is 11.7 Å². The zero-order chi connectivity index (χ0) is 13.9. The highest BCUT2D eigenvalue weighted by molar-refractivity contribution is 7.09. The van der Waals surface area contributed by atoms with E-state index in [4.69, 9.17) is 10.5 Å². The van der Waals surface area contributed by atoms with E-state index in [0.717, 1.165) is 0 Å². The first-order chi connectivity index (χ1) is 8.19. The van der Waals surface area contributed by atoms with Crippen molar-refractivity contribution in [3.05, 3.63) is 16.1 Å². The minimum atomic E-state index is -0.582. The minimum absolute atomic E-state index is 0.202. The van der Waals surface area contributed by atoms with E-state index in [1.165, 1.54) is 11.3 Å². The molecular weight excluding hydrogens is 254 g/mol. The SMILES string of the molecule is CC(NC(=O)OC(C)(C)C)c1nc(C(N)=O)cs1. The molecule has 1 rings (SSSR count). The van der Waals surface area contributed by atoms with Gasteiger partial charge in [0.2, 0.25) is 0 Å². The first-order valence-corrected chi connectivity index (χ1v) is 6.32. The van der Waals surface area contributed by atoms with Crippen molar-refractivity contribution in [3.8, 4) is 0 Å². The zero-order valence-corrected chi connectivity index (χ0v) is 11.6. The fourth-order valence-electron chi connectivity index (χ4n) is 1.15. The van der Waals surface area contributed by atoms with Crippen LogP contribution in [0.1, 0.15) is 49.2 Å². The lowest BCUT2D eigenvalue weighted by Gasteiger charge is -2.21. The molecule has 0 saturated heterocycles. The second kappa shape index (κ2) is 5.34. The van der Waals surface area contributed by atoms with Crippen molar-refractivity contribution in [3.63, 3.8) is 0 Å². The number of nitrogens with zero attached hydrogens (tertiary/aromatic N) is 1. The Labute approximate surface area is 110 Å². The van der Waals surface area contributed by atoms with Crippen molar-refractivity contribution >= 4 is 23.3 Å². The van der Waals surface area contributed by atoms with Gasteiger partial charge in [-0.05, 0) is 27.7 Å².